The SMILES string of the molecule is CC(c1ccc(-c2noc(C(F)(F)F)n2)cc1)N(C)S(=O)(=O)N(C)C. The van der Waals surface area contributed by atoms with Crippen molar-refractivity contribution in [3.8, 4) is 11.4 Å². The minimum Gasteiger partial charge on any atom is -0.329 e. The number of hydrogen-bond acceptors (Lipinski definition) is 5. The fraction of sp³-hybridized carbons (Fsp3) is 0.429. The fourth-order valence-electron chi connectivity index (χ4n) is 2.03. The maximum atomic E-state index is 12.5. The molecular formula is C14H17F3N4O3S. The number of hydrogen-bond donors (Lipinski definition) is 0. The van der Waals surface area contributed by atoms with Gasteiger partial charge in [0.05, 0.1) is 0 Å². The lowest BCUT2D eigenvalue weighted by atomic mass is 10.1. The highest BCUT2D eigenvalue weighted by atomic mass is 32.2. The van der Waals surface area contributed by atoms with E-state index in [1.54, 1.807) is 19.1 Å². The molecule has 0 fully saturated rings. The molecule has 1 heterocycles. The van der Waals surface area contributed by atoms with Gasteiger partial charge in [-0.1, -0.05) is 29.4 Å². The van der Waals surface area contributed by atoms with Crippen LogP contribution in [0.3, 0.4) is 0 Å². The highest BCUT2D eigenvalue weighted by Crippen LogP contribution is 2.30. The Hall–Kier alpha value is -1.98. The first kappa shape index (κ1) is 19.3. The van der Waals surface area contributed by atoms with Crippen molar-refractivity contribution in [2.45, 2.75) is 19.1 Å². The Morgan fingerprint density at radius 2 is 1.68 bits per heavy atom. The zero-order valence-electron chi connectivity index (χ0n) is 13.9. The van der Waals surface area contributed by atoms with Crippen LogP contribution in [0.4, 0.5) is 13.2 Å². The van der Waals surface area contributed by atoms with Crippen molar-refractivity contribution in [3.05, 3.63) is 35.7 Å². The molecule has 0 aliphatic heterocycles. The second-order valence-corrected chi connectivity index (χ2v) is 7.73. The third kappa shape index (κ3) is 3.99. The van der Waals surface area contributed by atoms with Gasteiger partial charge in [0.2, 0.25) is 5.82 Å². The third-order valence-electron chi connectivity index (χ3n) is 3.69. The standard InChI is InChI=1S/C14H17F3N4O3S/c1-9(21(4)25(22,23)20(2)3)10-5-7-11(8-6-10)12-18-13(24-19-12)14(15,16)17/h5-9H,1-4H3. The Morgan fingerprint density at radius 3 is 2.12 bits per heavy atom. The smallest absolute Gasteiger partial charge is 0.329 e. The van der Waals surface area contributed by atoms with Gasteiger partial charge in [-0.2, -0.15) is 35.2 Å². The van der Waals surface area contributed by atoms with E-state index < -0.39 is 28.3 Å². The van der Waals surface area contributed by atoms with Gasteiger partial charge in [0.15, 0.2) is 0 Å². The Labute approximate surface area is 143 Å². The van der Waals surface area contributed by atoms with Crippen LogP contribution in [-0.2, 0) is 16.4 Å². The Kier molecular flexibility index (Phi) is 5.21. The van der Waals surface area contributed by atoms with Crippen LogP contribution in [0.25, 0.3) is 11.4 Å². The summed E-state index contributed by atoms with van der Waals surface area (Å²) in [6.45, 7) is 1.70. The topological polar surface area (TPSA) is 79.5 Å². The number of nitrogens with zero attached hydrogens (tertiary/aromatic N) is 4. The Morgan fingerprint density at radius 1 is 1.12 bits per heavy atom. The summed E-state index contributed by atoms with van der Waals surface area (Å²) in [4.78, 5) is 3.31. The highest BCUT2D eigenvalue weighted by molar-refractivity contribution is 7.86. The van der Waals surface area contributed by atoms with Gasteiger partial charge in [-0.25, -0.2) is 0 Å². The van der Waals surface area contributed by atoms with E-state index in [0.29, 0.717) is 11.1 Å². The maximum Gasteiger partial charge on any atom is 0.471 e. The monoisotopic (exact) mass is 378 g/mol. The molecule has 0 saturated carbocycles. The molecule has 1 unspecified atom stereocenters. The molecule has 0 aliphatic carbocycles. The summed E-state index contributed by atoms with van der Waals surface area (Å²) in [6, 6.07) is 5.74. The number of benzene rings is 1. The van der Waals surface area contributed by atoms with Crippen LogP contribution >= 0.6 is 0 Å². The average molecular weight is 378 g/mol. The molecule has 2 aromatic rings. The quantitative estimate of drug-likeness (QED) is 0.799. The second-order valence-electron chi connectivity index (χ2n) is 5.53. The zero-order valence-corrected chi connectivity index (χ0v) is 14.8. The molecule has 7 nitrogen and oxygen atoms in total. The van der Waals surface area contributed by atoms with Crippen LogP contribution in [0, 0.1) is 0 Å². The molecule has 0 saturated heterocycles. The van der Waals surface area contributed by atoms with Crippen molar-refractivity contribution in [3.63, 3.8) is 0 Å². The van der Waals surface area contributed by atoms with E-state index in [1.807, 2.05) is 0 Å². The first-order valence-electron chi connectivity index (χ1n) is 7.11. The molecule has 0 bridgehead atoms. The van der Waals surface area contributed by atoms with Gasteiger partial charge in [0, 0.05) is 32.7 Å². The van der Waals surface area contributed by atoms with Gasteiger partial charge < -0.3 is 4.52 Å². The van der Waals surface area contributed by atoms with Crippen LogP contribution in [0.5, 0.6) is 0 Å². The number of rotatable bonds is 5. The summed E-state index contributed by atoms with van der Waals surface area (Å²) in [5.74, 6) is -1.61. The lowest BCUT2D eigenvalue weighted by Gasteiger charge is -2.27. The summed E-state index contributed by atoms with van der Waals surface area (Å²) >= 11 is 0. The summed E-state index contributed by atoms with van der Waals surface area (Å²) in [6.07, 6.45) is -4.71. The van der Waals surface area contributed by atoms with Crippen molar-refractivity contribution >= 4 is 10.2 Å². The lowest BCUT2D eigenvalue weighted by Crippen LogP contribution is -2.38. The van der Waals surface area contributed by atoms with Crippen LogP contribution in [0.2, 0.25) is 0 Å². The molecule has 0 amide bonds. The lowest BCUT2D eigenvalue weighted by molar-refractivity contribution is -0.159. The van der Waals surface area contributed by atoms with E-state index in [-0.39, 0.29) is 5.82 Å². The van der Waals surface area contributed by atoms with Gasteiger partial charge in [-0.3, -0.25) is 0 Å². The van der Waals surface area contributed by atoms with Gasteiger partial charge in [0.25, 0.3) is 10.2 Å². The molecule has 1 aromatic heterocycles. The van der Waals surface area contributed by atoms with E-state index >= 15 is 0 Å². The van der Waals surface area contributed by atoms with Crippen molar-refractivity contribution in [1.82, 2.24) is 18.8 Å². The number of halogens is 3. The summed E-state index contributed by atoms with van der Waals surface area (Å²) in [7, 11) is 0.703. The normalized spacial score (nSPS) is 14.3. The number of aromatic nitrogens is 2. The molecule has 0 N–H and O–H groups in total. The predicted octanol–water partition coefficient (Wildman–Crippen LogP) is 2.55. The van der Waals surface area contributed by atoms with Gasteiger partial charge >= 0.3 is 12.1 Å². The largest absolute Gasteiger partial charge is 0.471 e. The van der Waals surface area contributed by atoms with Gasteiger partial charge in [0.1, 0.15) is 0 Å². The van der Waals surface area contributed by atoms with Crippen molar-refractivity contribution < 1.29 is 26.1 Å². The fourth-order valence-corrected chi connectivity index (χ4v) is 3.07. The maximum absolute atomic E-state index is 12.5. The van der Waals surface area contributed by atoms with Crippen molar-refractivity contribution in [2.75, 3.05) is 21.1 Å². The molecule has 0 spiro atoms. The molecule has 1 aromatic carbocycles. The number of alkyl halides is 3. The van der Waals surface area contributed by atoms with Crippen LogP contribution < -0.4 is 0 Å². The van der Waals surface area contributed by atoms with Crippen molar-refractivity contribution in [1.29, 1.82) is 0 Å². The van der Waals surface area contributed by atoms with E-state index in [9.17, 15) is 21.6 Å². The molecule has 138 valence electrons. The van der Waals surface area contributed by atoms with Gasteiger partial charge in [-0.05, 0) is 12.5 Å². The summed E-state index contributed by atoms with van der Waals surface area (Å²) < 4.78 is 68.2. The minimum atomic E-state index is -4.71. The minimum absolute atomic E-state index is 0.194. The van der Waals surface area contributed by atoms with Crippen LogP contribution in [-0.4, -0.2) is 48.3 Å². The Balaban J connectivity index is 2.24. The van der Waals surface area contributed by atoms with E-state index in [0.717, 1.165) is 4.31 Å². The van der Waals surface area contributed by atoms with Gasteiger partial charge in [-0.15, -0.1) is 0 Å². The molecule has 25 heavy (non-hydrogen) atoms. The van der Waals surface area contributed by atoms with E-state index in [1.165, 1.54) is 37.6 Å². The zero-order chi connectivity index (χ0) is 19.0. The molecular weight excluding hydrogens is 361 g/mol. The summed E-state index contributed by atoms with van der Waals surface area (Å²) in [5, 5.41) is 3.31. The average Bonchev–Trinajstić information content (AvgIpc) is 3.03. The molecule has 0 aliphatic rings. The van der Waals surface area contributed by atoms with E-state index in [2.05, 4.69) is 14.7 Å². The predicted molar refractivity (Wildman–Crippen MR) is 83.5 cm³/mol. The molecule has 0 radical (unpaired) electrons. The first-order valence-corrected chi connectivity index (χ1v) is 8.51. The Bertz CT molecular complexity index is 832. The van der Waals surface area contributed by atoms with Crippen LogP contribution in [0.15, 0.2) is 28.8 Å². The first-order chi connectivity index (χ1) is 11.4. The van der Waals surface area contributed by atoms with Crippen LogP contribution in [0.1, 0.15) is 24.4 Å². The summed E-state index contributed by atoms with van der Waals surface area (Å²) in [5.41, 5.74) is 0.990. The van der Waals surface area contributed by atoms with Crippen molar-refractivity contribution in [2.24, 2.45) is 0 Å². The molecule has 1 atom stereocenters. The molecule has 2 rings (SSSR count). The highest BCUT2D eigenvalue weighted by Gasteiger charge is 2.38. The third-order valence-corrected chi connectivity index (χ3v) is 5.66. The molecule has 11 heteroatoms. The second kappa shape index (κ2) is 6.73. The van der Waals surface area contributed by atoms with E-state index in [4.69, 9.17) is 0 Å².